The number of alkyl halides is 3. The Morgan fingerprint density at radius 3 is 2.34 bits per heavy atom. The number of anilines is 1. The van der Waals surface area contributed by atoms with Crippen molar-refractivity contribution in [1.82, 2.24) is 10.6 Å². The molecule has 2 amide bonds. The molecular formula is C31H32F5N3O5. The van der Waals surface area contributed by atoms with Crippen molar-refractivity contribution >= 4 is 17.7 Å². The molecule has 0 aromatic heterocycles. The third-order valence-corrected chi connectivity index (χ3v) is 7.08. The van der Waals surface area contributed by atoms with Crippen LogP contribution in [0.15, 0.2) is 66.7 Å². The molecule has 4 rings (SSSR count). The Kier molecular flexibility index (Phi) is 11.1. The third-order valence-electron chi connectivity index (χ3n) is 7.08. The Bertz CT molecular complexity index is 1350. The normalized spacial score (nSPS) is 17.5. The summed E-state index contributed by atoms with van der Waals surface area (Å²) in [7, 11) is 0. The van der Waals surface area contributed by atoms with Crippen molar-refractivity contribution in [3.63, 3.8) is 0 Å². The quantitative estimate of drug-likeness (QED) is 0.213. The van der Waals surface area contributed by atoms with E-state index >= 15 is 0 Å². The number of phenols is 1. The Balaban J connectivity index is 1.32. The second-order valence-electron chi connectivity index (χ2n) is 10.4. The van der Waals surface area contributed by atoms with Gasteiger partial charge in [-0.2, -0.15) is 13.2 Å². The minimum atomic E-state index is -4.54. The molecule has 3 unspecified atom stereocenters. The van der Waals surface area contributed by atoms with Crippen LogP contribution in [0.2, 0.25) is 0 Å². The van der Waals surface area contributed by atoms with Gasteiger partial charge < -0.3 is 30.5 Å². The average molecular weight is 622 g/mol. The van der Waals surface area contributed by atoms with Crippen molar-refractivity contribution in [3.05, 3.63) is 95.1 Å². The van der Waals surface area contributed by atoms with Gasteiger partial charge in [0, 0.05) is 30.1 Å². The molecule has 236 valence electrons. The lowest BCUT2D eigenvalue weighted by atomic mass is 9.88. The van der Waals surface area contributed by atoms with Gasteiger partial charge in [0.05, 0.1) is 18.8 Å². The molecule has 8 nitrogen and oxygen atoms in total. The molecule has 1 saturated heterocycles. The maximum absolute atomic E-state index is 14.9. The van der Waals surface area contributed by atoms with Gasteiger partial charge in [-0.05, 0) is 60.4 Å². The molecule has 3 aromatic carbocycles. The van der Waals surface area contributed by atoms with Crippen LogP contribution in [0.3, 0.4) is 0 Å². The molecule has 1 fully saturated rings. The topological polar surface area (TPSA) is 109 Å². The first-order chi connectivity index (χ1) is 21.0. The summed E-state index contributed by atoms with van der Waals surface area (Å²) < 4.78 is 75.6. The van der Waals surface area contributed by atoms with Gasteiger partial charge in [0.1, 0.15) is 30.5 Å². The third kappa shape index (κ3) is 9.91. The molecular weight excluding hydrogens is 589 g/mol. The highest BCUT2D eigenvalue weighted by molar-refractivity contribution is 5.92. The lowest BCUT2D eigenvalue weighted by Gasteiger charge is -2.30. The standard InChI is InChI=1S/C31H32F5N3O5/c32-21-8-4-19(5-9-21)26(20-6-10-23(40)11-7-20)14-29(41)39-28-3-1-2-27(33)25(28)13-12-24-15-37-22(16-43-24)17-44-30(42)38-18-31(34,35)36/h1-11,22,24,26,37,40H,12-18H2,(H,38,42)(H,39,41). The fraction of sp³-hybridized carbons (Fsp3) is 0.355. The maximum Gasteiger partial charge on any atom is 0.407 e. The lowest BCUT2D eigenvalue weighted by molar-refractivity contribution is -0.124. The Labute approximate surface area is 250 Å². The van der Waals surface area contributed by atoms with Crippen LogP contribution in [0.4, 0.5) is 32.4 Å². The molecule has 0 aliphatic carbocycles. The smallest absolute Gasteiger partial charge is 0.407 e. The van der Waals surface area contributed by atoms with Crippen LogP contribution in [0.25, 0.3) is 0 Å². The number of ether oxygens (including phenoxy) is 2. The number of halogens is 5. The van der Waals surface area contributed by atoms with Crippen molar-refractivity contribution in [1.29, 1.82) is 0 Å². The molecule has 13 heteroatoms. The van der Waals surface area contributed by atoms with Gasteiger partial charge in [-0.3, -0.25) is 4.79 Å². The van der Waals surface area contributed by atoms with Gasteiger partial charge in [-0.15, -0.1) is 0 Å². The zero-order valence-electron chi connectivity index (χ0n) is 23.5. The molecule has 0 spiro atoms. The second-order valence-corrected chi connectivity index (χ2v) is 10.4. The van der Waals surface area contributed by atoms with Crippen molar-refractivity contribution in [2.45, 2.75) is 43.5 Å². The molecule has 4 N–H and O–H groups in total. The van der Waals surface area contributed by atoms with Crippen molar-refractivity contribution in [2.75, 3.05) is 31.6 Å². The average Bonchev–Trinajstić information content (AvgIpc) is 2.99. The van der Waals surface area contributed by atoms with Crippen molar-refractivity contribution < 1.29 is 46.1 Å². The molecule has 1 heterocycles. The zero-order chi connectivity index (χ0) is 31.7. The second kappa shape index (κ2) is 15.0. The van der Waals surface area contributed by atoms with E-state index in [0.29, 0.717) is 29.8 Å². The fourth-order valence-corrected chi connectivity index (χ4v) is 4.81. The first kappa shape index (κ1) is 32.7. The monoisotopic (exact) mass is 621 g/mol. The van der Waals surface area contributed by atoms with Gasteiger partial charge in [-0.1, -0.05) is 30.3 Å². The fourth-order valence-electron chi connectivity index (χ4n) is 4.81. The van der Waals surface area contributed by atoms with E-state index in [9.17, 15) is 36.6 Å². The minimum Gasteiger partial charge on any atom is -0.508 e. The number of morpholine rings is 1. The highest BCUT2D eigenvalue weighted by atomic mass is 19.4. The summed E-state index contributed by atoms with van der Waals surface area (Å²) in [5.41, 5.74) is 2.02. The number of aromatic hydroxyl groups is 1. The number of alkyl carbamates (subject to hydrolysis) is 1. The summed E-state index contributed by atoms with van der Waals surface area (Å²) in [4.78, 5) is 24.7. The van der Waals surface area contributed by atoms with Gasteiger partial charge in [-0.25, -0.2) is 13.6 Å². The minimum absolute atomic E-state index is 0.0281. The van der Waals surface area contributed by atoms with Crippen LogP contribution in [0.5, 0.6) is 5.75 Å². The van der Waals surface area contributed by atoms with E-state index < -0.39 is 48.3 Å². The number of carbonyl (C=O) groups excluding carboxylic acids is 2. The summed E-state index contributed by atoms with van der Waals surface area (Å²) in [5.74, 6) is -1.70. The number of carbonyl (C=O) groups is 2. The van der Waals surface area contributed by atoms with Crippen LogP contribution < -0.4 is 16.0 Å². The summed E-state index contributed by atoms with van der Waals surface area (Å²) in [5, 5.41) is 17.2. The number of nitrogens with one attached hydrogen (secondary N) is 3. The van der Waals surface area contributed by atoms with Crippen LogP contribution in [0, 0.1) is 11.6 Å². The number of rotatable bonds is 11. The van der Waals surface area contributed by atoms with E-state index in [-0.39, 0.29) is 37.9 Å². The first-order valence-corrected chi connectivity index (χ1v) is 13.9. The molecule has 0 bridgehead atoms. The number of hydrogen-bond donors (Lipinski definition) is 4. The number of amides is 2. The number of phenolic OH excluding ortho intramolecular Hbond substituents is 1. The molecule has 3 aromatic rings. The Morgan fingerprint density at radius 1 is 1.02 bits per heavy atom. The highest BCUT2D eigenvalue weighted by Gasteiger charge is 2.29. The summed E-state index contributed by atoms with van der Waals surface area (Å²) >= 11 is 0. The summed E-state index contributed by atoms with van der Waals surface area (Å²) in [6, 6.07) is 16.1. The molecule has 3 atom stereocenters. The number of benzene rings is 3. The van der Waals surface area contributed by atoms with Crippen molar-refractivity contribution in [3.8, 4) is 5.75 Å². The Hall–Kier alpha value is -4.23. The van der Waals surface area contributed by atoms with Crippen LogP contribution >= 0.6 is 0 Å². The SMILES string of the molecule is O=C(CC(c1ccc(O)cc1)c1ccc(F)cc1)Nc1cccc(F)c1CCC1CNC(COC(=O)NCC(F)(F)F)CO1. The largest absolute Gasteiger partial charge is 0.508 e. The molecule has 44 heavy (non-hydrogen) atoms. The maximum atomic E-state index is 14.9. The van der Waals surface area contributed by atoms with E-state index in [1.165, 1.54) is 36.4 Å². The van der Waals surface area contributed by atoms with E-state index in [1.54, 1.807) is 35.6 Å². The summed E-state index contributed by atoms with van der Waals surface area (Å²) in [6.07, 6.45) is -5.46. The van der Waals surface area contributed by atoms with Crippen LogP contribution in [-0.4, -0.2) is 61.7 Å². The van der Waals surface area contributed by atoms with Crippen molar-refractivity contribution in [2.24, 2.45) is 0 Å². The van der Waals surface area contributed by atoms with Crippen LogP contribution in [-0.2, 0) is 20.7 Å². The zero-order valence-corrected chi connectivity index (χ0v) is 23.5. The summed E-state index contributed by atoms with van der Waals surface area (Å²) in [6.45, 7) is -1.22. The van der Waals surface area contributed by atoms with Gasteiger partial charge >= 0.3 is 12.3 Å². The first-order valence-electron chi connectivity index (χ1n) is 13.9. The van der Waals surface area contributed by atoms with E-state index in [0.717, 1.165) is 5.56 Å². The predicted octanol–water partition coefficient (Wildman–Crippen LogP) is 5.41. The highest BCUT2D eigenvalue weighted by Crippen LogP contribution is 2.31. The van der Waals surface area contributed by atoms with E-state index in [2.05, 4.69) is 10.6 Å². The van der Waals surface area contributed by atoms with Crippen LogP contribution in [0.1, 0.15) is 35.4 Å². The lowest BCUT2D eigenvalue weighted by Crippen LogP contribution is -2.49. The molecule has 0 radical (unpaired) electrons. The molecule has 0 saturated carbocycles. The molecule has 1 aliphatic heterocycles. The van der Waals surface area contributed by atoms with E-state index in [1.807, 2.05) is 0 Å². The van der Waals surface area contributed by atoms with Gasteiger partial charge in [0.25, 0.3) is 0 Å². The molecule has 1 aliphatic rings. The predicted molar refractivity (Wildman–Crippen MR) is 151 cm³/mol. The van der Waals surface area contributed by atoms with Gasteiger partial charge in [0.15, 0.2) is 0 Å². The van der Waals surface area contributed by atoms with E-state index in [4.69, 9.17) is 9.47 Å². The number of hydrogen-bond acceptors (Lipinski definition) is 6. The Morgan fingerprint density at radius 2 is 1.70 bits per heavy atom. The van der Waals surface area contributed by atoms with Gasteiger partial charge in [0.2, 0.25) is 5.91 Å².